The minimum absolute atomic E-state index is 0.170. The third-order valence-electron chi connectivity index (χ3n) is 9.58. The molecule has 2 aromatic rings. The molecule has 3 aliphatic carbocycles. The number of fused-ring (bicyclic) bond motifs is 5. The summed E-state index contributed by atoms with van der Waals surface area (Å²) >= 11 is 0. The molecule has 4 aliphatic rings. The van der Waals surface area contributed by atoms with Crippen LogP contribution in [0.3, 0.4) is 0 Å². The van der Waals surface area contributed by atoms with Gasteiger partial charge in [-0.1, -0.05) is 74.9 Å². The monoisotopic (exact) mass is 457 g/mol. The van der Waals surface area contributed by atoms with Gasteiger partial charge in [0.25, 0.3) is 0 Å². The van der Waals surface area contributed by atoms with Crippen LogP contribution in [-0.2, 0) is 16.0 Å². The normalized spacial score (nSPS) is 36.2. The highest BCUT2D eigenvalue weighted by molar-refractivity contribution is 5.99. The van der Waals surface area contributed by atoms with Crippen molar-refractivity contribution in [2.75, 3.05) is 6.54 Å². The van der Waals surface area contributed by atoms with Gasteiger partial charge < -0.3 is 4.74 Å². The van der Waals surface area contributed by atoms with Gasteiger partial charge >= 0.3 is 6.09 Å². The van der Waals surface area contributed by atoms with E-state index in [0.29, 0.717) is 24.8 Å². The number of unbranched alkanes of at least 4 members (excludes halogenated alkanes) is 1. The van der Waals surface area contributed by atoms with Crippen LogP contribution in [0.4, 0.5) is 4.79 Å². The number of ketones is 1. The van der Waals surface area contributed by atoms with E-state index in [-0.39, 0.29) is 23.8 Å². The Balaban J connectivity index is 1.42. The molecule has 1 heterocycles. The van der Waals surface area contributed by atoms with E-state index in [0.717, 1.165) is 44.1 Å². The van der Waals surface area contributed by atoms with E-state index >= 15 is 0 Å². The molecule has 34 heavy (non-hydrogen) atoms. The molecule has 2 saturated carbocycles. The van der Waals surface area contributed by atoms with Crippen LogP contribution < -0.4 is 0 Å². The first-order valence-corrected chi connectivity index (χ1v) is 13.2. The molecule has 4 heteroatoms. The maximum absolute atomic E-state index is 14.5. The Hall–Kier alpha value is -2.62. The third-order valence-corrected chi connectivity index (χ3v) is 9.58. The Morgan fingerprint density at radius 1 is 1.03 bits per heavy atom. The summed E-state index contributed by atoms with van der Waals surface area (Å²) in [7, 11) is 0. The van der Waals surface area contributed by atoms with Crippen LogP contribution >= 0.6 is 0 Å². The molecule has 178 valence electrons. The highest BCUT2D eigenvalue weighted by Crippen LogP contribution is 2.65. The molecule has 1 saturated heterocycles. The highest BCUT2D eigenvalue weighted by atomic mass is 16.6. The van der Waals surface area contributed by atoms with Gasteiger partial charge in [-0.05, 0) is 66.5 Å². The molecule has 1 aliphatic heterocycles. The number of carbonyl (C=O) groups excluding carboxylic acids is 2. The van der Waals surface area contributed by atoms with Crippen LogP contribution in [0.1, 0.15) is 81.0 Å². The molecule has 0 N–H and O–H groups in total. The standard InChI is InChI=1S/C30H35NO3/c1-3-4-18-31-26(21-11-6-5-7-12-21)30(34-28(31)33)19-25-24-15-14-20-10-8-9-13-22(20)23(24)16-17-29(25,2)27(30)32/h5-13,23-26H,3-4,14-19H2,1-2H3/t23-,24-,25+,26+,29+,30+/m1/s1. The second-order valence-corrected chi connectivity index (χ2v) is 11.2. The molecule has 0 radical (unpaired) electrons. The van der Waals surface area contributed by atoms with Crippen LogP contribution in [0.25, 0.3) is 0 Å². The van der Waals surface area contributed by atoms with Gasteiger partial charge in [-0.3, -0.25) is 9.69 Å². The number of rotatable bonds is 4. The van der Waals surface area contributed by atoms with Crippen molar-refractivity contribution in [3.05, 3.63) is 71.3 Å². The fourth-order valence-corrected chi connectivity index (χ4v) is 7.99. The zero-order valence-electron chi connectivity index (χ0n) is 20.3. The largest absolute Gasteiger partial charge is 0.432 e. The van der Waals surface area contributed by atoms with Gasteiger partial charge in [-0.15, -0.1) is 0 Å². The Labute approximate surface area is 202 Å². The molecule has 3 fully saturated rings. The van der Waals surface area contributed by atoms with E-state index in [1.54, 1.807) is 0 Å². The van der Waals surface area contributed by atoms with Gasteiger partial charge in [0.15, 0.2) is 11.4 Å². The van der Waals surface area contributed by atoms with Crippen molar-refractivity contribution in [3.8, 4) is 0 Å². The van der Waals surface area contributed by atoms with E-state index < -0.39 is 11.0 Å². The molecule has 0 unspecified atom stereocenters. The fourth-order valence-electron chi connectivity index (χ4n) is 7.99. The van der Waals surface area contributed by atoms with Crippen LogP contribution in [0.5, 0.6) is 0 Å². The lowest BCUT2D eigenvalue weighted by molar-refractivity contribution is -0.141. The number of nitrogens with zero attached hydrogens (tertiary/aromatic N) is 1. The smallest absolute Gasteiger partial charge is 0.411 e. The van der Waals surface area contributed by atoms with E-state index in [1.165, 1.54) is 11.1 Å². The number of aryl methyl sites for hydroxylation is 1. The minimum Gasteiger partial charge on any atom is -0.432 e. The highest BCUT2D eigenvalue weighted by Gasteiger charge is 2.71. The third kappa shape index (κ3) is 2.96. The van der Waals surface area contributed by atoms with Crippen molar-refractivity contribution >= 4 is 11.9 Å². The predicted molar refractivity (Wildman–Crippen MR) is 131 cm³/mol. The van der Waals surface area contributed by atoms with Gasteiger partial charge in [-0.2, -0.15) is 0 Å². The van der Waals surface area contributed by atoms with Crippen LogP contribution in [-0.4, -0.2) is 28.9 Å². The summed E-state index contributed by atoms with van der Waals surface area (Å²) in [5.41, 5.74) is 2.48. The average molecular weight is 458 g/mol. The van der Waals surface area contributed by atoms with Crippen molar-refractivity contribution in [1.29, 1.82) is 0 Å². The molecule has 6 atom stereocenters. The summed E-state index contributed by atoms with van der Waals surface area (Å²) in [6.45, 7) is 4.94. The van der Waals surface area contributed by atoms with Crippen molar-refractivity contribution in [2.45, 2.75) is 76.4 Å². The first kappa shape index (κ1) is 21.9. The number of amides is 1. The summed E-state index contributed by atoms with van der Waals surface area (Å²) < 4.78 is 6.24. The summed E-state index contributed by atoms with van der Waals surface area (Å²) in [6, 6.07) is 18.7. The Bertz CT molecular complexity index is 1110. The lowest BCUT2D eigenvalue weighted by Gasteiger charge is -2.47. The van der Waals surface area contributed by atoms with Crippen LogP contribution in [0.15, 0.2) is 54.6 Å². The van der Waals surface area contributed by atoms with Crippen molar-refractivity contribution < 1.29 is 14.3 Å². The Morgan fingerprint density at radius 3 is 2.59 bits per heavy atom. The number of benzene rings is 2. The lowest BCUT2D eigenvalue weighted by atomic mass is 9.55. The van der Waals surface area contributed by atoms with E-state index in [2.05, 4.69) is 50.2 Å². The molecule has 1 spiro atoms. The molecule has 0 aromatic heterocycles. The van der Waals surface area contributed by atoms with Crippen molar-refractivity contribution in [3.63, 3.8) is 0 Å². The van der Waals surface area contributed by atoms with Gasteiger partial charge in [0, 0.05) is 18.4 Å². The topological polar surface area (TPSA) is 46.6 Å². The van der Waals surface area contributed by atoms with Gasteiger partial charge in [0.2, 0.25) is 0 Å². The van der Waals surface area contributed by atoms with Crippen molar-refractivity contribution in [1.82, 2.24) is 4.90 Å². The number of Topliss-reactive ketones (excluding diaryl/α,β-unsaturated/α-hetero) is 1. The van der Waals surface area contributed by atoms with E-state index in [9.17, 15) is 9.59 Å². The molecular formula is C30H35NO3. The first-order chi connectivity index (χ1) is 16.5. The number of ether oxygens (including phenoxy) is 1. The van der Waals surface area contributed by atoms with Gasteiger partial charge in [0.1, 0.15) is 6.04 Å². The molecule has 0 bridgehead atoms. The molecule has 1 amide bonds. The maximum atomic E-state index is 14.5. The first-order valence-electron chi connectivity index (χ1n) is 13.2. The molecular weight excluding hydrogens is 422 g/mol. The summed E-state index contributed by atoms with van der Waals surface area (Å²) in [5.74, 6) is 1.40. The number of hydrogen-bond acceptors (Lipinski definition) is 3. The minimum atomic E-state index is -1.07. The van der Waals surface area contributed by atoms with Crippen LogP contribution in [0.2, 0.25) is 0 Å². The SMILES string of the molecule is CCCCN1C(=O)O[C@@]2(C[C@H]3[C@@H]4CCc5ccccc5[C@H]4CC[C@]3(C)C2=O)[C@@H]1c1ccccc1. The average Bonchev–Trinajstić information content (AvgIpc) is 3.27. The summed E-state index contributed by atoms with van der Waals surface area (Å²) in [6.07, 6.45) is 6.36. The molecule has 4 nitrogen and oxygen atoms in total. The Kier molecular flexibility index (Phi) is 5.13. The maximum Gasteiger partial charge on any atom is 0.411 e. The van der Waals surface area contributed by atoms with E-state index in [4.69, 9.17) is 4.74 Å². The van der Waals surface area contributed by atoms with Crippen molar-refractivity contribution in [2.24, 2.45) is 17.3 Å². The summed E-state index contributed by atoms with van der Waals surface area (Å²) in [4.78, 5) is 29.6. The summed E-state index contributed by atoms with van der Waals surface area (Å²) in [5, 5.41) is 0. The molecule has 6 rings (SSSR count). The zero-order chi connectivity index (χ0) is 23.5. The lowest BCUT2D eigenvalue weighted by Crippen LogP contribution is -2.47. The fraction of sp³-hybridized carbons (Fsp3) is 0.533. The molecule has 2 aromatic carbocycles. The number of carbonyl (C=O) groups is 2. The quantitative estimate of drug-likeness (QED) is 0.530. The van der Waals surface area contributed by atoms with E-state index in [1.807, 2.05) is 23.1 Å². The second-order valence-electron chi connectivity index (χ2n) is 11.2. The zero-order valence-corrected chi connectivity index (χ0v) is 20.3. The Morgan fingerprint density at radius 2 is 1.79 bits per heavy atom. The van der Waals surface area contributed by atoms with Crippen LogP contribution in [0, 0.1) is 17.3 Å². The predicted octanol–water partition coefficient (Wildman–Crippen LogP) is 6.45. The van der Waals surface area contributed by atoms with Gasteiger partial charge in [0.05, 0.1) is 0 Å². The second kappa shape index (κ2) is 7.96. The van der Waals surface area contributed by atoms with Gasteiger partial charge in [-0.25, -0.2) is 4.79 Å². The number of hydrogen-bond donors (Lipinski definition) is 0.